The summed E-state index contributed by atoms with van der Waals surface area (Å²) in [6.45, 7) is 1.55. The molecule has 0 aliphatic heterocycles. The summed E-state index contributed by atoms with van der Waals surface area (Å²) in [5, 5.41) is 10.4. The van der Waals surface area contributed by atoms with Crippen molar-refractivity contribution in [3.63, 3.8) is 0 Å². The zero-order valence-corrected chi connectivity index (χ0v) is 7.69. The maximum atomic E-state index is 13.2. The van der Waals surface area contributed by atoms with Crippen molar-refractivity contribution in [2.75, 3.05) is 0 Å². The van der Waals surface area contributed by atoms with Gasteiger partial charge in [-0.3, -0.25) is 0 Å². The highest BCUT2D eigenvalue weighted by Crippen LogP contribution is 2.22. The summed E-state index contributed by atoms with van der Waals surface area (Å²) in [6.07, 6.45) is -0.494. The van der Waals surface area contributed by atoms with Crippen LogP contribution in [0.3, 0.4) is 0 Å². The Hall–Kier alpha value is -1.09. The van der Waals surface area contributed by atoms with Crippen molar-refractivity contribution in [1.82, 2.24) is 0 Å². The summed E-state index contributed by atoms with van der Waals surface area (Å²) in [6, 6.07) is 2.97. The van der Waals surface area contributed by atoms with E-state index in [1.54, 1.807) is 6.92 Å². The highest BCUT2D eigenvalue weighted by Gasteiger charge is 2.09. The van der Waals surface area contributed by atoms with Crippen LogP contribution >= 0.6 is 11.6 Å². The molecule has 0 saturated carbocycles. The normalized spacial score (nSPS) is 10.1. The highest BCUT2D eigenvalue weighted by atomic mass is 35.5. The predicted molar refractivity (Wildman–Crippen MR) is 44.9 cm³/mol. The SMILES string of the molecule is Cc1ccc(Cl)c(CC(=O)[O-])c1F. The Bertz CT molecular complexity index is 350. The maximum absolute atomic E-state index is 13.2. The summed E-state index contributed by atoms with van der Waals surface area (Å²) in [4.78, 5) is 10.2. The molecule has 0 aliphatic rings. The lowest BCUT2D eigenvalue weighted by molar-refractivity contribution is -0.304. The molecule has 0 saturated heterocycles. The highest BCUT2D eigenvalue weighted by molar-refractivity contribution is 6.31. The molecular formula is C9H7ClFO2-. The zero-order valence-electron chi connectivity index (χ0n) is 6.93. The molecular weight excluding hydrogens is 195 g/mol. The van der Waals surface area contributed by atoms with Gasteiger partial charge < -0.3 is 9.90 Å². The van der Waals surface area contributed by atoms with Crippen molar-refractivity contribution >= 4 is 17.6 Å². The van der Waals surface area contributed by atoms with Gasteiger partial charge in [-0.15, -0.1) is 0 Å². The van der Waals surface area contributed by atoms with E-state index < -0.39 is 18.2 Å². The molecule has 13 heavy (non-hydrogen) atoms. The molecule has 0 atom stereocenters. The first kappa shape index (κ1) is 9.99. The van der Waals surface area contributed by atoms with Crippen LogP contribution < -0.4 is 5.11 Å². The summed E-state index contributed by atoms with van der Waals surface area (Å²) >= 11 is 5.61. The number of aliphatic carboxylic acids is 1. The van der Waals surface area contributed by atoms with Gasteiger partial charge in [0.1, 0.15) is 5.82 Å². The van der Waals surface area contributed by atoms with Gasteiger partial charge in [-0.2, -0.15) is 0 Å². The first-order valence-electron chi connectivity index (χ1n) is 3.65. The van der Waals surface area contributed by atoms with Gasteiger partial charge in [0.05, 0.1) is 0 Å². The van der Waals surface area contributed by atoms with Crippen LogP contribution in [0.4, 0.5) is 4.39 Å². The van der Waals surface area contributed by atoms with Crippen molar-refractivity contribution in [2.24, 2.45) is 0 Å². The lowest BCUT2D eigenvalue weighted by Gasteiger charge is -2.08. The van der Waals surface area contributed by atoms with Gasteiger partial charge in [-0.05, 0) is 18.6 Å². The number of benzene rings is 1. The third kappa shape index (κ3) is 2.18. The van der Waals surface area contributed by atoms with E-state index in [0.29, 0.717) is 5.56 Å². The van der Waals surface area contributed by atoms with Gasteiger partial charge >= 0.3 is 0 Å². The second-order valence-corrected chi connectivity index (χ2v) is 3.11. The van der Waals surface area contributed by atoms with Crippen LogP contribution in [0.1, 0.15) is 11.1 Å². The molecule has 0 unspecified atom stereocenters. The average Bonchev–Trinajstić information content (AvgIpc) is 2.05. The molecule has 1 aromatic carbocycles. The number of aryl methyl sites for hydroxylation is 1. The largest absolute Gasteiger partial charge is 0.550 e. The van der Waals surface area contributed by atoms with Crippen LogP contribution in [0.2, 0.25) is 5.02 Å². The molecule has 0 spiro atoms. The molecule has 0 bridgehead atoms. The van der Waals surface area contributed by atoms with Crippen molar-refractivity contribution in [3.8, 4) is 0 Å². The van der Waals surface area contributed by atoms with Crippen LogP contribution in [0.5, 0.6) is 0 Å². The molecule has 4 heteroatoms. The molecule has 1 rings (SSSR count). The number of carboxylic acid groups (broad SMARTS) is 1. The van der Waals surface area contributed by atoms with E-state index in [4.69, 9.17) is 11.6 Å². The van der Waals surface area contributed by atoms with Gasteiger partial charge in [0.25, 0.3) is 0 Å². The van der Waals surface area contributed by atoms with Crippen molar-refractivity contribution in [2.45, 2.75) is 13.3 Å². The molecule has 0 radical (unpaired) electrons. The van der Waals surface area contributed by atoms with E-state index in [1.165, 1.54) is 12.1 Å². The number of halogens is 2. The molecule has 70 valence electrons. The molecule has 2 nitrogen and oxygen atoms in total. The number of carbonyl (C=O) groups excluding carboxylic acids is 1. The van der Waals surface area contributed by atoms with Crippen LogP contribution in [0.15, 0.2) is 12.1 Å². The van der Waals surface area contributed by atoms with Crippen molar-refractivity contribution < 1.29 is 14.3 Å². The molecule has 0 amide bonds. The summed E-state index contributed by atoms with van der Waals surface area (Å²) in [5.74, 6) is -1.91. The Morgan fingerprint density at radius 1 is 1.62 bits per heavy atom. The number of hydrogen-bond acceptors (Lipinski definition) is 2. The topological polar surface area (TPSA) is 40.1 Å². The van der Waals surface area contributed by atoms with E-state index in [0.717, 1.165) is 0 Å². The fourth-order valence-electron chi connectivity index (χ4n) is 1.02. The van der Waals surface area contributed by atoms with Gasteiger partial charge in [-0.1, -0.05) is 17.7 Å². The number of carbonyl (C=O) groups is 1. The molecule has 1 aromatic rings. The number of rotatable bonds is 2. The fourth-order valence-corrected chi connectivity index (χ4v) is 1.23. The number of hydrogen-bond donors (Lipinski definition) is 0. The second-order valence-electron chi connectivity index (χ2n) is 2.71. The Morgan fingerprint density at radius 3 is 2.77 bits per heavy atom. The summed E-state index contributed by atoms with van der Waals surface area (Å²) in [5.41, 5.74) is 0.363. The third-order valence-corrected chi connectivity index (χ3v) is 2.05. The summed E-state index contributed by atoms with van der Waals surface area (Å²) < 4.78 is 13.2. The van der Waals surface area contributed by atoms with Gasteiger partial charge in [0.2, 0.25) is 0 Å². The lowest BCUT2D eigenvalue weighted by Crippen LogP contribution is -2.25. The molecule has 0 N–H and O–H groups in total. The average molecular weight is 202 g/mol. The Kier molecular flexibility index (Phi) is 2.88. The molecule has 0 aromatic heterocycles. The van der Waals surface area contributed by atoms with Crippen molar-refractivity contribution in [3.05, 3.63) is 34.1 Å². The van der Waals surface area contributed by atoms with E-state index in [-0.39, 0.29) is 10.6 Å². The van der Waals surface area contributed by atoms with Crippen LogP contribution in [-0.2, 0) is 11.2 Å². The maximum Gasteiger partial charge on any atom is 0.131 e. The second kappa shape index (κ2) is 3.75. The molecule has 0 fully saturated rings. The quantitative estimate of drug-likeness (QED) is 0.719. The Balaban J connectivity index is 3.17. The molecule has 0 heterocycles. The minimum absolute atomic E-state index is 0.0123. The van der Waals surface area contributed by atoms with E-state index >= 15 is 0 Å². The fraction of sp³-hybridized carbons (Fsp3) is 0.222. The van der Waals surface area contributed by atoms with Crippen LogP contribution in [0.25, 0.3) is 0 Å². The van der Waals surface area contributed by atoms with E-state index in [1.807, 2.05) is 0 Å². The Labute approximate surface area is 80.0 Å². The Morgan fingerprint density at radius 2 is 2.23 bits per heavy atom. The lowest BCUT2D eigenvalue weighted by atomic mass is 10.1. The first-order chi connectivity index (χ1) is 6.02. The standard InChI is InChI=1S/C9H8ClFO2/c1-5-2-3-7(10)6(9(5)11)4-8(12)13/h2-3H,4H2,1H3,(H,12,13)/p-1. The third-order valence-electron chi connectivity index (χ3n) is 1.70. The summed E-state index contributed by atoms with van der Waals surface area (Å²) in [7, 11) is 0. The minimum Gasteiger partial charge on any atom is -0.550 e. The van der Waals surface area contributed by atoms with Crippen LogP contribution in [0, 0.1) is 12.7 Å². The van der Waals surface area contributed by atoms with Gasteiger partial charge in [0.15, 0.2) is 0 Å². The van der Waals surface area contributed by atoms with Crippen LogP contribution in [-0.4, -0.2) is 5.97 Å². The van der Waals surface area contributed by atoms with Gasteiger partial charge in [0, 0.05) is 23.0 Å². The van der Waals surface area contributed by atoms with Crippen molar-refractivity contribution in [1.29, 1.82) is 0 Å². The van der Waals surface area contributed by atoms with E-state index in [2.05, 4.69) is 0 Å². The van der Waals surface area contributed by atoms with Gasteiger partial charge in [-0.25, -0.2) is 4.39 Å². The minimum atomic E-state index is -1.34. The first-order valence-corrected chi connectivity index (χ1v) is 4.03. The molecule has 0 aliphatic carbocycles. The number of carboxylic acids is 1. The zero-order chi connectivity index (χ0) is 10.0. The predicted octanol–water partition coefficient (Wildman–Crippen LogP) is 1.08. The smallest absolute Gasteiger partial charge is 0.131 e. The van der Waals surface area contributed by atoms with E-state index in [9.17, 15) is 14.3 Å². The monoisotopic (exact) mass is 201 g/mol.